The van der Waals surface area contributed by atoms with Crippen molar-refractivity contribution in [3.05, 3.63) is 216 Å². The summed E-state index contributed by atoms with van der Waals surface area (Å²) < 4.78 is 41.2. The molecular formula is C76H86Cl5FN12O7S2. The van der Waals surface area contributed by atoms with Crippen LogP contribution < -0.4 is 0 Å². The minimum atomic E-state index is -2.28. The maximum absolute atomic E-state index is 13.9. The Labute approximate surface area is 623 Å². The number of aromatic nitrogens is 10. The Morgan fingerprint density at radius 3 is 1.31 bits per heavy atom. The van der Waals surface area contributed by atoms with Gasteiger partial charge in [0.05, 0.1) is 82.5 Å². The van der Waals surface area contributed by atoms with Crippen molar-refractivity contribution < 1.29 is 38.3 Å². The second-order valence-electron chi connectivity index (χ2n) is 29.0. The molecule has 5 aromatic heterocycles. The number of nitrogens with one attached hydrogen (secondary N) is 5. The van der Waals surface area contributed by atoms with E-state index >= 15 is 0 Å². The molecule has 3 aliphatic rings. The number of halogens is 6. The van der Waals surface area contributed by atoms with E-state index in [4.69, 9.17) is 58.0 Å². The van der Waals surface area contributed by atoms with Crippen molar-refractivity contribution in [2.45, 2.75) is 120 Å². The number of piperidine rings is 1. The quantitative estimate of drug-likeness (QED) is 0.0483. The Hall–Kier alpha value is -6.97. The van der Waals surface area contributed by atoms with Crippen LogP contribution in [-0.2, 0) is 42.5 Å². The Balaban J connectivity index is 0.000000129. The number of fused-ring (bicyclic) bond motifs is 5. The van der Waals surface area contributed by atoms with Crippen LogP contribution in [0.3, 0.4) is 0 Å². The largest absolute Gasteiger partial charge is 0.388 e. The van der Waals surface area contributed by atoms with Gasteiger partial charge in [-0.1, -0.05) is 146 Å². The first-order valence-electron chi connectivity index (χ1n) is 33.6. The SMILES string of the molecule is C=S(C)(=O)N1CC(O)(c2cc(Cl)cc3cn[nH]c23)C1.C=S(C)(=O)N1CCC(O)(c2cc(Cl)cc3cn[nH]c23)CC1.CC(C)(Cc1ccccc1)C(O)c1cc(Cl)cc2cn[nH]c12.CC(C)(c1ccccc1)C(O)c1cc(Cl)cc2cn[nH]c12.CC1(F)CCC(C(O)c2cc(Cl)cc3cn[nH]c23)CC1. The molecule has 103 heavy (non-hydrogen) atoms. The lowest BCUT2D eigenvalue weighted by atomic mass is 9.76. The summed E-state index contributed by atoms with van der Waals surface area (Å²) >= 11 is 30.6. The fourth-order valence-corrected chi connectivity index (χ4v) is 17.0. The van der Waals surface area contributed by atoms with Gasteiger partial charge in [0, 0.05) is 143 Å². The second kappa shape index (κ2) is 30.9. The van der Waals surface area contributed by atoms with Crippen LogP contribution in [-0.4, -0.2) is 150 Å². The van der Waals surface area contributed by atoms with E-state index in [0.717, 1.165) is 88.8 Å². The van der Waals surface area contributed by atoms with E-state index in [1.807, 2.05) is 97.0 Å². The van der Waals surface area contributed by atoms with E-state index in [-0.39, 0.29) is 24.4 Å². The molecule has 0 radical (unpaired) electrons. The van der Waals surface area contributed by atoms with Crippen molar-refractivity contribution in [2.75, 3.05) is 38.7 Å². The lowest BCUT2D eigenvalue weighted by Crippen LogP contribution is -2.60. The molecule has 15 rings (SSSR count). The summed E-state index contributed by atoms with van der Waals surface area (Å²) in [5.74, 6) is 7.40. The number of rotatable bonds is 13. The number of H-pyrrole nitrogens is 5. The average Bonchev–Trinajstić information content (AvgIpc) is 1.63. The molecule has 2 saturated heterocycles. The molecule has 12 aromatic rings. The zero-order valence-corrected chi connectivity index (χ0v) is 63.6. The first kappa shape index (κ1) is 77.1. The third-order valence-electron chi connectivity index (χ3n) is 20.1. The number of hydrogen-bond donors (Lipinski definition) is 10. The molecule has 0 bridgehead atoms. The fourth-order valence-electron chi connectivity index (χ4n) is 13.9. The molecule has 27 heteroatoms. The van der Waals surface area contributed by atoms with Gasteiger partial charge in [-0.2, -0.15) is 25.5 Å². The summed E-state index contributed by atoms with van der Waals surface area (Å²) in [6, 6.07) is 38.2. The van der Waals surface area contributed by atoms with E-state index in [0.29, 0.717) is 82.3 Å². The van der Waals surface area contributed by atoms with Gasteiger partial charge in [0.15, 0.2) is 0 Å². The van der Waals surface area contributed by atoms with Crippen LogP contribution in [0.5, 0.6) is 0 Å². The van der Waals surface area contributed by atoms with E-state index in [1.54, 1.807) is 85.1 Å². The van der Waals surface area contributed by atoms with Gasteiger partial charge < -0.3 is 25.5 Å². The summed E-state index contributed by atoms with van der Waals surface area (Å²) in [4.78, 5) is 0. The molecule has 0 spiro atoms. The Morgan fingerprint density at radius 1 is 0.524 bits per heavy atom. The molecule has 0 amide bonds. The van der Waals surface area contributed by atoms with Crippen LogP contribution in [0.1, 0.15) is 130 Å². The highest BCUT2D eigenvalue weighted by molar-refractivity contribution is 7.97. The van der Waals surface area contributed by atoms with Gasteiger partial charge in [-0.15, -0.1) is 0 Å². The Morgan fingerprint density at radius 2 is 0.883 bits per heavy atom. The summed E-state index contributed by atoms with van der Waals surface area (Å²) in [5.41, 5.74) is 6.19. The number of nitrogens with zero attached hydrogens (tertiary/aromatic N) is 7. The van der Waals surface area contributed by atoms with Crippen molar-refractivity contribution in [1.29, 1.82) is 0 Å². The molecule has 2 aliphatic heterocycles. The van der Waals surface area contributed by atoms with Crippen LogP contribution in [0.15, 0.2) is 152 Å². The number of aliphatic hydroxyl groups is 5. The molecule has 1 aliphatic carbocycles. The van der Waals surface area contributed by atoms with E-state index < -0.39 is 60.0 Å². The molecule has 5 atom stereocenters. The molecule has 7 heterocycles. The minimum absolute atomic E-state index is 0.0730. The van der Waals surface area contributed by atoms with Crippen LogP contribution in [0.25, 0.3) is 54.5 Å². The van der Waals surface area contributed by atoms with Crippen LogP contribution in [0, 0.1) is 11.3 Å². The van der Waals surface area contributed by atoms with E-state index in [1.165, 1.54) is 5.56 Å². The van der Waals surface area contributed by atoms with Gasteiger partial charge in [-0.25, -0.2) is 13.0 Å². The fraction of sp³-hybridized carbons (Fsp3) is 0.355. The summed E-state index contributed by atoms with van der Waals surface area (Å²) in [6.07, 6.45) is 13.8. The number of benzene rings is 7. The lowest BCUT2D eigenvalue weighted by molar-refractivity contribution is -0.0617. The maximum Gasteiger partial charge on any atom is 0.119 e. The van der Waals surface area contributed by atoms with Crippen molar-refractivity contribution in [1.82, 2.24) is 59.6 Å². The molecule has 1 saturated carbocycles. The van der Waals surface area contributed by atoms with Crippen molar-refractivity contribution in [3.63, 3.8) is 0 Å². The topological polar surface area (TPSA) is 285 Å². The van der Waals surface area contributed by atoms with Crippen molar-refractivity contribution in [2.24, 2.45) is 11.3 Å². The summed E-state index contributed by atoms with van der Waals surface area (Å²) in [5, 5.41) is 96.2. The van der Waals surface area contributed by atoms with Crippen molar-refractivity contribution in [3.8, 4) is 0 Å². The van der Waals surface area contributed by atoms with E-state index in [2.05, 4.69) is 88.7 Å². The average molecular weight is 1540 g/mol. The standard InChI is InChI=1S/C18H19ClN2O.C17H17ClN2O.C15H18ClFN2O.C14H18ClN3O2S.C12H14ClN3O2S/c1-18(2,10-12-6-4-3-5-7-12)17(22)15-9-14(19)8-13-11-20-21-16(13)15;1-17(2,12-6-4-3-5-7-12)16(21)14-9-13(18)8-11-10-19-20-15(11)14;1-15(17)4-2-9(3-5-15)14(20)12-7-11(16)6-10-8-18-19-13(10)12;1-21(2,20)18-5-3-14(19,4-6-18)12-8-11(15)7-10-9-16-17-13(10)12;1-19(2,18)16-6-12(17,7-16)10-4-9(13)3-8-5-14-15-11(8)10/h3-9,11,17,22H,10H2,1-2H3,(H,20,21);3-10,16,21H,1-2H3,(H,19,20);6-9,14,20H,2-5H2,1H3,(H,18,19);7-9,19H,1,3-6H2,2H3,(H,16,17);3-5,17H,1,6-7H2,2H3,(H,14,15). The first-order valence-corrected chi connectivity index (χ1v) is 39.7. The van der Waals surface area contributed by atoms with Crippen LogP contribution >= 0.6 is 58.0 Å². The highest BCUT2D eigenvalue weighted by atomic mass is 35.5. The monoisotopic (exact) mass is 1540 g/mol. The smallest absolute Gasteiger partial charge is 0.119 e. The highest BCUT2D eigenvalue weighted by Gasteiger charge is 2.47. The maximum atomic E-state index is 13.9. The molecule has 5 unspecified atom stereocenters. The zero-order chi connectivity index (χ0) is 74.2. The second-order valence-corrected chi connectivity index (χ2v) is 36.1. The Kier molecular flexibility index (Phi) is 23.1. The number of β-amino-alcohol motifs (C(OH)–C–C–N with tert-alkyl or cyclic N) is 1. The van der Waals surface area contributed by atoms with Gasteiger partial charge in [0.2, 0.25) is 0 Å². The molecule has 546 valence electrons. The summed E-state index contributed by atoms with van der Waals surface area (Å²) in [6.45, 7) is 11.4. The molecule has 3 fully saturated rings. The number of hydrogen-bond acceptors (Lipinski definition) is 12. The molecule has 19 nitrogen and oxygen atoms in total. The third kappa shape index (κ3) is 17.6. The zero-order valence-electron chi connectivity index (χ0n) is 58.2. The van der Waals surface area contributed by atoms with Gasteiger partial charge >= 0.3 is 0 Å². The predicted octanol–water partition coefficient (Wildman–Crippen LogP) is 15.7. The van der Waals surface area contributed by atoms with Gasteiger partial charge in [0.25, 0.3) is 0 Å². The number of aliphatic hydroxyl groups excluding tert-OH is 3. The van der Waals surface area contributed by atoms with Crippen LogP contribution in [0.4, 0.5) is 4.39 Å². The van der Waals surface area contributed by atoms with Gasteiger partial charge in [-0.3, -0.25) is 33.9 Å². The molecule has 7 aromatic carbocycles. The first-order chi connectivity index (χ1) is 48.5. The lowest BCUT2D eigenvalue weighted by Gasteiger charge is -2.47. The highest BCUT2D eigenvalue weighted by Crippen LogP contribution is 2.46. The molecular weight excluding hydrogens is 1450 g/mol. The molecule has 10 N–H and O–H groups in total. The predicted molar refractivity (Wildman–Crippen MR) is 418 cm³/mol. The third-order valence-corrected chi connectivity index (χ3v) is 24.0. The van der Waals surface area contributed by atoms with Crippen molar-refractivity contribution >= 4 is 144 Å². The van der Waals surface area contributed by atoms with Gasteiger partial charge in [-0.05, 0) is 147 Å². The number of aromatic amines is 5. The Bertz CT molecular complexity index is 5180. The van der Waals surface area contributed by atoms with Crippen LogP contribution in [0.2, 0.25) is 25.1 Å². The normalized spacial score (nSPS) is 19.8. The number of alkyl halides is 1. The van der Waals surface area contributed by atoms with E-state index in [9.17, 15) is 38.3 Å². The minimum Gasteiger partial charge on any atom is -0.388 e. The van der Waals surface area contributed by atoms with Gasteiger partial charge in [0.1, 0.15) is 11.3 Å². The summed E-state index contributed by atoms with van der Waals surface area (Å²) in [7, 11) is -4.50.